The summed E-state index contributed by atoms with van der Waals surface area (Å²) in [7, 11) is 0. The van der Waals surface area contributed by atoms with Crippen molar-refractivity contribution in [3.63, 3.8) is 0 Å². The van der Waals surface area contributed by atoms with Crippen LogP contribution in [0.5, 0.6) is 0 Å². The number of nitrogens with zero attached hydrogens (tertiary/aromatic N) is 1. The molecule has 1 aliphatic heterocycles. The molecule has 122 valence electrons. The van der Waals surface area contributed by atoms with Gasteiger partial charge in [0.2, 0.25) is 0 Å². The Hall–Kier alpha value is -0.0800. The van der Waals surface area contributed by atoms with Gasteiger partial charge in [-0.25, -0.2) is 0 Å². The lowest BCUT2D eigenvalue weighted by Gasteiger charge is -2.56. The zero-order chi connectivity index (χ0) is 14.7. The summed E-state index contributed by atoms with van der Waals surface area (Å²) < 4.78 is 0. The van der Waals surface area contributed by atoms with E-state index in [2.05, 4.69) is 24.1 Å². The number of hydrogen-bond acceptors (Lipinski definition) is 2. The van der Waals surface area contributed by atoms with E-state index in [1.165, 1.54) is 83.7 Å². The van der Waals surface area contributed by atoms with Crippen molar-refractivity contribution in [1.29, 1.82) is 0 Å². The Kier molecular flexibility index (Phi) is 5.27. The predicted molar refractivity (Wildman–Crippen MR) is 90.6 cm³/mol. The van der Waals surface area contributed by atoms with Crippen LogP contribution in [0.15, 0.2) is 0 Å². The molecule has 3 aliphatic rings. The minimum absolute atomic E-state index is 0.518. The molecule has 1 saturated heterocycles. The van der Waals surface area contributed by atoms with E-state index in [1.807, 2.05) is 0 Å². The number of nitrogens with one attached hydrogen (secondary N) is 1. The minimum atomic E-state index is 0.518. The molecule has 0 radical (unpaired) electrons. The van der Waals surface area contributed by atoms with E-state index in [0.717, 1.165) is 18.0 Å². The smallest absolute Gasteiger partial charge is 0.0337 e. The highest BCUT2D eigenvalue weighted by Gasteiger charge is 2.45. The third kappa shape index (κ3) is 3.32. The molecular formula is C19H36N2. The van der Waals surface area contributed by atoms with E-state index >= 15 is 0 Å². The Bertz CT molecular complexity index is 316. The molecule has 2 aliphatic carbocycles. The zero-order valence-corrected chi connectivity index (χ0v) is 14.4. The molecule has 3 fully saturated rings. The SMILES string of the molecule is CCC(C)C1CN(C2CCCCC2)C2(CCCCC2)CN1. The predicted octanol–water partition coefficient (Wildman–Crippen LogP) is 4.34. The number of rotatable bonds is 3. The maximum atomic E-state index is 3.96. The second-order valence-corrected chi connectivity index (χ2v) is 8.10. The van der Waals surface area contributed by atoms with Crippen molar-refractivity contribution in [2.45, 2.75) is 102 Å². The summed E-state index contributed by atoms with van der Waals surface area (Å²) in [6, 6.07) is 1.62. The minimum Gasteiger partial charge on any atom is -0.311 e. The lowest BCUT2D eigenvalue weighted by atomic mass is 9.75. The molecule has 2 saturated carbocycles. The van der Waals surface area contributed by atoms with Crippen LogP contribution in [0.2, 0.25) is 0 Å². The largest absolute Gasteiger partial charge is 0.311 e. The topological polar surface area (TPSA) is 15.3 Å². The Morgan fingerprint density at radius 3 is 2.38 bits per heavy atom. The lowest BCUT2D eigenvalue weighted by molar-refractivity contribution is -0.0402. The second-order valence-electron chi connectivity index (χ2n) is 8.10. The molecule has 2 atom stereocenters. The van der Waals surface area contributed by atoms with Crippen molar-refractivity contribution in [2.75, 3.05) is 13.1 Å². The third-order valence-electron chi connectivity index (χ3n) is 6.83. The standard InChI is InChI=1S/C19H36N2/c1-3-16(2)18-14-21(17-10-6-4-7-11-17)19(15-20-18)12-8-5-9-13-19/h16-18,20H,3-15H2,1-2H3. The Balaban J connectivity index is 1.76. The van der Waals surface area contributed by atoms with E-state index in [-0.39, 0.29) is 0 Å². The van der Waals surface area contributed by atoms with Gasteiger partial charge in [0.1, 0.15) is 0 Å². The van der Waals surface area contributed by atoms with Gasteiger partial charge in [0.05, 0.1) is 0 Å². The number of piperazine rings is 1. The zero-order valence-electron chi connectivity index (χ0n) is 14.4. The molecule has 0 bridgehead atoms. The first kappa shape index (κ1) is 15.8. The van der Waals surface area contributed by atoms with Gasteiger partial charge in [0.25, 0.3) is 0 Å². The van der Waals surface area contributed by atoms with Gasteiger partial charge in [-0.1, -0.05) is 58.8 Å². The maximum absolute atomic E-state index is 3.96. The van der Waals surface area contributed by atoms with Crippen molar-refractivity contribution in [2.24, 2.45) is 5.92 Å². The number of hydrogen-bond donors (Lipinski definition) is 1. The first-order valence-electron chi connectivity index (χ1n) is 9.75. The molecule has 0 aromatic carbocycles. The van der Waals surface area contributed by atoms with Gasteiger partial charge in [-0.05, 0) is 31.6 Å². The second kappa shape index (κ2) is 7.00. The first-order chi connectivity index (χ1) is 10.2. The average Bonchev–Trinajstić information content (AvgIpc) is 2.56. The van der Waals surface area contributed by atoms with Crippen molar-refractivity contribution in [3.05, 3.63) is 0 Å². The van der Waals surface area contributed by atoms with Crippen molar-refractivity contribution in [3.8, 4) is 0 Å². The molecule has 0 amide bonds. The summed E-state index contributed by atoms with van der Waals surface area (Å²) in [5.74, 6) is 0.817. The summed E-state index contributed by atoms with van der Waals surface area (Å²) in [4.78, 5) is 3.03. The monoisotopic (exact) mass is 292 g/mol. The van der Waals surface area contributed by atoms with Gasteiger partial charge in [-0.3, -0.25) is 4.90 Å². The molecule has 21 heavy (non-hydrogen) atoms. The highest BCUT2D eigenvalue weighted by atomic mass is 15.3. The summed E-state index contributed by atoms with van der Waals surface area (Å²) in [6.45, 7) is 7.37. The van der Waals surface area contributed by atoms with E-state index < -0.39 is 0 Å². The molecule has 3 rings (SSSR count). The van der Waals surface area contributed by atoms with Gasteiger partial charge >= 0.3 is 0 Å². The average molecular weight is 293 g/mol. The molecule has 2 nitrogen and oxygen atoms in total. The van der Waals surface area contributed by atoms with Gasteiger partial charge in [-0.2, -0.15) is 0 Å². The van der Waals surface area contributed by atoms with E-state index in [0.29, 0.717) is 5.54 Å². The van der Waals surface area contributed by atoms with E-state index in [1.54, 1.807) is 0 Å². The third-order valence-corrected chi connectivity index (χ3v) is 6.83. The van der Waals surface area contributed by atoms with Gasteiger partial charge in [0, 0.05) is 30.7 Å². The van der Waals surface area contributed by atoms with Crippen LogP contribution in [0.25, 0.3) is 0 Å². The summed E-state index contributed by atoms with van der Waals surface area (Å²) in [5, 5.41) is 3.96. The Labute approximate surface area is 132 Å². The Morgan fingerprint density at radius 1 is 1.05 bits per heavy atom. The van der Waals surface area contributed by atoms with Crippen molar-refractivity contribution < 1.29 is 0 Å². The molecule has 0 aromatic heterocycles. The normalized spacial score (nSPS) is 33.1. The van der Waals surface area contributed by atoms with Crippen LogP contribution in [0, 0.1) is 5.92 Å². The molecule has 0 aromatic rings. The van der Waals surface area contributed by atoms with E-state index in [4.69, 9.17) is 0 Å². The van der Waals surface area contributed by atoms with Crippen LogP contribution in [-0.4, -0.2) is 35.6 Å². The molecule has 2 heteroatoms. The fourth-order valence-electron chi connectivity index (χ4n) is 5.16. The van der Waals surface area contributed by atoms with Crippen LogP contribution in [0.1, 0.15) is 84.5 Å². The van der Waals surface area contributed by atoms with Crippen LogP contribution < -0.4 is 5.32 Å². The fourth-order valence-corrected chi connectivity index (χ4v) is 5.16. The van der Waals surface area contributed by atoms with Crippen LogP contribution in [0.3, 0.4) is 0 Å². The van der Waals surface area contributed by atoms with Crippen LogP contribution in [0.4, 0.5) is 0 Å². The molecular weight excluding hydrogens is 256 g/mol. The summed E-state index contributed by atoms with van der Waals surface area (Å²) in [6.07, 6.45) is 15.9. The fraction of sp³-hybridized carbons (Fsp3) is 1.00. The quantitative estimate of drug-likeness (QED) is 0.832. The molecule has 1 N–H and O–H groups in total. The van der Waals surface area contributed by atoms with E-state index in [9.17, 15) is 0 Å². The van der Waals surface area contributed by atoms with Crippen molar-refractivity contribution in [1.82, 2.24) is 10.2 Å². The summed E-state index contributed by atoms with van der Waals surface area (Å²) in [5.41, 5.74) is 0.518. The van der Waals surface area contributed by atoms with Crippen LogP contribution in [-0.2, 0) is 0 Å². The van der Waals surface area contributed by atoms with Gasteiger partial charge in [0.15, 0.2) is 0 Å². The van der Waals surface area contributed by atoms with Gasteiger partial charge in [-0.15, -0.1) is 0 Å². The molecule has 2 unspecified atom stereocenters. The maximum Gasteiger partial charge on any atom is 0.0337 e. The molecule has 1 spiro atoms. The Morgan fingerprint density at radius 2 is 1.71 bits per heavy atom. The highest BCUT2D eigenvalue weighted by molar-refractivity contribution is 5.03. The summed E-state index contributed by atoms with van der Waals surface area (Å²) >= 11 is 0. The van der Waals surface area contributed by atoms with Gasteiger partial charge < -0.3 is 5.32 Å². The first-order valence-corrected chi connectivity index (χ1v) is 9.75. The highest BCUT2D eigenvalue weighted by Crippen LogP contribution is 2.40. The molecule has 1 heterocycles. The van der Waals surface area contributed by atoms with Crippen LogP contribution >= 0.6 is 0 Å². The van der Waals surface area contributed by atoms with Crippen molar-refractivity contribution >= 4 is 0 Å². The lowest BCUT2D eigenvalue weighted by Crippen LogP contribution is -2.68.